The fourth-order valence-electron chi connectivity index (χ4n) is 2.38. The van der Waals surface area contributed by atoms with Crippen molar-refractivity contribution < 1.29 is 23.1 Å². The van der Waals surface area contributed by atoms with Crippen molar-refractivity contribution in [2.75, 3.05) is 7.11 Å². The van der Waals surface area contributed by atoms with Gasteiger partial charge in [-0.1, -0.05) is 42.5 Å². The van der Waals surface area contributed by atoms with Crippen LogP contribution in [0.15, 0.2) is 54.6 Å². The quantitative estimate of drug-likeness (QED) is 0.751. The third kappa shape index (κ3) is 5.04. The molecule has 0 aliphatic heterocycles. The number of benzene rings is 2. The van der Waals surface area contributed by atoms with Crippen LogP contribution in [-0.4, -0.2) is 32.6 Å². The third-order valence-electron chi connectivity index (χ3n) is 3.94. The summed E-state index contributed by atoms with van der Waals surface area (Å²) in [4.78, 5) is 11.5. The maximum atomic E-state index is 12.5. The maximum Gasteiger partial charge on any atom is 0.322 e. The highest BCUT2D eigenvalue weighted by atomic mass is 32.2. The second kappa shape index (κ2) is 8.13. The molecule has 0 fully saturated rings. The summed E-state index contributed by atoms with van der Waals surface area (Å²) in [6.45, 7) is 1.53. The Balaban J connectivity index is 2.15. The molecule has 0 radical (unpaired) electrons. The second-order valence-corrected chi connectivity index (χ2v) is 7.69. The first-order valence-electron chi connectivity index (χ1n) is 7.75. The monoisotopic (exact) mass is 363 g/mol. The fourth-order valence-corrected chi connectivity index (χ4v) is 3.68. The molecule has 0 spiro atoms. The van der Waals surface area contributed by atoms with E-state index in [2.05, 4.69) is 4.72 Å². The molecule has 2 N–H and O–H groups in total. The van der Waals surface area contributed by atoms with Crippen LogP contribution in [-0.2, 0) is 21.2 Å². The Morgan fingerprint density at radius 3 is 2.24 bits per heavy atom. The highest BCUT2D eigenvalue weighted by Crippen LogP contribution is 2.21. The smallest absolute Gasteiger partial charge is 0.322 e. The van der Waals surface area contributed by atoms with E-state index >= 15 is 0 Å². The van der Waals surface area contributed by atoms with Crippen LogP contribution in [0.2, 0.25) is 0 Å². The maximum absolute atomic E-state index is 12.5. The lowest BCUT2D eigenvalue weighted by molar-refractivity contribution is -0.138. The van der Waals surface area contributed by atoms with Gasteiger partial charge in [-0.05, 0) is 36.6 Å². The lowest BCUT2D eigenvalue weighted by atomic mass is 10.1. The topological polar surface area (TPSA) is 92.7 Å². The van der Waals surface area contributed by atoms with Gasteiger partial charge >= 0.3 is 5.97 Å². The first-order chi connectivity index (χ1) is 11.8. The SMILES string of the molecule is COc1ccc(C[C@H](NS(=O)(=O)C(C)c2ccccc2)C(=O)O)cc1. The Labute approximate surface area is 147 Å². The number of ether oxygens (including phenoxy) is 1. The Hall–Kier alpha value is -2.38. The van der Waals surface area contributed by atoms with E-state index in [0.29, 0.717) is 16.9 Å². The van der Waals surface area contributed by atoms with Crippen molar-refractivity contribution >= 4 is 16.0 Å². The molecule has 2 aromatic carbocycles. The van der Waals surface area contributed by atoms with Gasteiger partial charge in [0, 0.05) is 0 Å². The molecule has 1 unspecified atom stereocenters. The van der Waals surface area contributed by atoms with Crippen LogP contribution < -0.4 is 9.46 Å². The zero-order valence-electron chi connectivity index (χ0n) is 14.0. The molecule has 0 bridgehead atoms. The number of methoxy groups -OCH3 is 1. The van der Waals surface area contributed by atoms with Crippen LogP contribution in [0.5, 0.6) is 5.75 Å². The van der Waals surface area contributed by atoms with Crippen LogP contribution >= 0.6 is 0 Å². The van der Waals surface area contributed by atoms with Crippen LogP contribution in [0, 0.1) is 0 Å². The predicted octanol–water partition coefficient (Wildman–Crippen LogP) is 2.37. The number of sulfonamides is 1. The number of aliphatic carboxylic acids is 1. The minimum absolute atomic E-state index is 0.0417. The predicted molar refractivity (Wildman–Crippen MR) is 95.0 cm³/mol. The Kier molecular flexibility index (Phi) is 6.17. The summed E-state index contributed by atoms with van der Waals surface area (Å²) in [6, 6.07) is 14.3. The van der Waals surface area contributed by atoms with Gasteiger partial charge in [0.2, 0.25) is 10.0 Å². The van der Waals surface area contributed by atoms with Gasteiger partial charge in [0.25, 0.3) is 0 Å². The van der Waals surface area contributed by atoms with Crippen molar-refractivity contribution in [3.8, 4) is 5.75 Å². The summed E-state index contributed by atoms with van der Waals surface area (Å²) in [5, 5.41) is 8.54. The average Bonchev–Trinajstić information content (AvgIpc) is 2.61. The average molecular weight is 363 g/mol. The van der Waals surface area contributed by atoms with Crippen LogP contribution in [0.25, 0.3) is 0 Å². The van der Waals surface area contributed by atoms with Crippen molar-refractivity contribution in [1.82, 2.24) is 4.72 Å². The van der Waals surface area contributed by atoms with Gasteiger partial charge in [-0.2, -0.15) is 0 Å². The van der Waals surface area contributed by atoms with Gasteiger partial charge in [0.1, 0.15) is 11.8 Å². The van der Waals surface area contributed by atoms with E-state index < -0.39 is 27.3 Å². The standard InChI is InChI=1S/C18H21NO5S/c1-13(15-6-4-3-5-7-15)25(22,23)19-17(18(20)21)12-14-8-10-16(24-2)11-9-14/h3-11,13,17,19H,12H2,1-2H3,(H,20,21)/t13?,17-/m0/s1. The van der Waals surface area contributed by atoms with Gasteiger partial charge in [-0.25, -0.2) is 13.1 Å². The summed E-state index contributed by atoms with van der Waals surface area (Å²) in [5.74, 6) is -0.575. The van der Waals surface area contributed by atoms with Crippen molar-refractivity contribution in [2.24, 2.45) is 0 Å². The molecule has 2 aromatic rings. The molecular formula is C18H21NO5S. The zero-order valence-corrected chi connectivity index (χ0v) is 14.9. The highest BCUT2D eigenvalue weighted by molar-refractivity contribution is 7.89. The van der Waals surface area contributed by atoms with Crippen LogP contribution in [0.1, 0.15) is 23.3 Å². The van der Waals surface area contributed by atoms with Crippen molar-refractivity contribution in [3.05, 3.63) is 65.7 Å². The molecule has 0 aromatic heterocycles. The van der Waals surface area contributed by atoms with E-state index in [1.54, 1.807) is 54.6 Å². The lowest BCUT2D eigenvalue weighted by Crippen LogP contribution is -2.43. The highest BCUT2D eigenvalue weighted by Gasteiger charge is 2.29. The molecule has 25 heavy (non-hydrogen) atoms. The lowest BCUT2D eigenvalue weighted by Gasteiger charge is -2.19. The molecule has 0 saturated heterocycles. The van der Waals surface area contributed by atoms with Crippen molar-refractivity contribution in [3.63, 3.8) is 0 Å². The number of rotatable bonds is 8. The van der Waals surface area contributed by atoms with Crippen molar-refractivity contribution in [1.29, 1.82) is 0 Å². The molecule has 0 heterocycles. The van der Waals surface area contributed by atoms with Gasteiger partial charge < -0.3 is 9.84 Å². The van der Waals surface area contributed by atoms with Crippen LogP contribution in [0.4, 0.5) is 0 Å². The first kappa shape index (κ1) is 19.0. The molecule has 134 valence electrons. The van der Waals surface area contributed by atoms with E-state index in [0.717, 1.165) is 0 Å². The van der Waals surface area contributed by atoms with Gasteiger partial charge in [-0.3, -0.25) is 4.79 Å². The summed E-state index contributed by atoms with van der Waals surface area (Å²) in [5.41, 5.74) is 1.30. The normalized spacial score (nSPS) is 13.8. The summed E-state index contributed by atoms with van der Waals surface area (Å²) >= 11 is 0. The van der Waals surface area contributed by atoms with E-state index in [4.69, 9.17) is 4.74 Å². The molecular weight excluding hydrogens is 342 g/mol. The molecule has 2 atom stereocenters. The zero-order chi connectivity index (χ0) is 18.4. The second-order valence-electron chi connectivity index (χ2n) is 5.66. The molecule has 0 aliphatic carbocycles. The number of carboxylic acid groups (broad SMARTS) is 1. The molecule has 0 aliphatic rings. The van der Waals surface area contributed by atoms with E-state index in [1.807, 2.05) is 0 Å². The van der Waals surface area contributed by atoms with E-state index in [9.17, 15) is 18.3 Å². The summed E-state index contributed by atoms with van der Waals surface area (Å²) < 4.78 is 32.4. The molecule has 7 heteroatoms. The minimum atomic E-state index is -3.85. The van der Waals surface area contributed by atoms with Gasteiger partial charge in [0.05, 0.1) is 12.4 Å². The van der Waals surface area contributed by atoms with Crippen LogP contribution in [0.3, 0.4) is 0 Å². The summed E-state index contributed by atoms with van der Waals surface area (Å²) in [6.07, 6.45) is 0.0417. The number of hydrogen-bond donors (Lipinski definition) is 2. The Morgan fingerprint density at radius 2 is 1.72 bits per heavy atom. The first-order valence-corrected chi connectivity index (χ1v) is 9.30. The van der Waals surface area contributed by atoms with Crippen molar-refractivity contribution in [2.45, 2.75) is 24.6 Å². The van der Waals surface area contributed by atoms with E-state index in [1.165, 1.54) is 14.0 Å². The third-order valence-corrected chi connectivity index (χ3v) is 5.75. The largest absolute Gasteiger partial charge is 0.497 e. The fraction of sp³-hybridized carbons (Fsp3) is 0.278. The molecule has 2 rings (SSSR count). The molecule has 0 amide bonds. The number of nitrogens with one attached hydrogen (secondary N) is 1. The molecule has 0 saturated carbocycles. The minimum Gasteiger partial charge on any atom is -0.497 e. The Bertz CT molecular complexity index is 803. The Morgan fingerprint density at radius 1 is 1.12 bits per heavy atom. The number of hydrogen-bond acceptors (Lipinski definition) is 4. The van der Waals surface area contributed by atoms with Gasteiger partial charge in [-0.15, -0.1) is 0 Å². The summed E-state index contributed by atoms with van der Waals surface area (Å²) in [7, 11) is -2.31. The molecule has 6 nitrogen and oxygen atoms in total. The van der Waals surface area contributed by atoms with E-state index in [-0.39, 0.29) is 6.42 Å². The number of carboxylic acids is 1. The van der Waals surface area contributed by atoms with Gasteiger partial charge in [0.15, 0.2) is 0 Å². The number of carbonyl (C=O) groups is 1.